The van der Waals surface area contributed by atoms with Crippen LogP contribution >= 0.6 is 0 Å². The molecule has 0 N–H and O–H groups in total. The first-order valence-corrected chi connectivity index (χ1v) is 6.80. The molecule has 2 rings (SSSR count). The summed E-state index contributed by atoms with van der Waals surface area (Å²) in [6.07, 6.45) is 0. The Morgan fingerprint density at radius 2 is 1.54 bits per heavy atom. The van der Waals surface area contributed by atoms with Crippen molar-refractivity contribution in [1.29, 1.82) is 0 Å². The van der Waals surface area contributed by atoms with Gasteiger partial charge < -0.3 is 4.74 Å². The van der Waals surface area contributed by atoms with Crippen molar-refractivity contribution >= 4 is 23.3 Å². The molecule has 0 aliphatic heterocycles. The van der Waals surface area contributed by atoms with Gasteiger partial charge in [0.2, 0.25) is 0 Å². The van der Waals surface area contributed by atoms with Crippen LogP contribution in [0, 0.1) is 28.9 Å². The third-order valence-electron chi connectivity index (χ3n) is 3.39. The average Bonchev–Trinajstić information content (AvgIpc) is 2.53. The Hall–Kier alpha value is -3.42. The van der Waals surface area contributed by atoms with Gasteiger partial charge in [0.25, 0.3) is 5.69 Å². The third-order valence-corrected chi connectivity index (χ3v) is 3.39. The molecule has 8 heteroatoms. The van der Waals surface area contributed by atoms with Gasteiger partial charge in [-0.15, -0.1) is 4.91 Å². The second-order valence-corrected chi connectivity index (χ2v) is 4.96. The lowest BCUT2D eigenvalue weighted by atomic mass is 10.1. The number of nitrogens with zero attached hydrogens (tertiary/aromatic N) is 2. The number of nitroso groups, excluding NO2 is 1. The molecule has 0 saturated heterocycles. The number of carbonyl (C=O) groups is 2. The normalized spacial score (nSPS) is 10.1. The minimum atomic E-state index is -1.16. The van der Waals surface area contributed by atoms with E-state index < -0.39 is 22.5 Å². The Bertz CT molecular complexity index is 860. The minimum absolute atomic E-state index is 0.155. The first kappa shape index (κ1) is 16.9. The van der Waals surface area contributed by atoms with Gasteiger partial charge in [-0.05, 0) is 36.2 Å². The number of nitro benzene ring substituents is 1. The molecule has 0 aromatic heterocycles. The molecule has 0 heterocycles. The Balaban J connectivity index is 2.40. The van der Waals surface area contributed by atoms with Gasteiger partial charge >= 0.3 is 11.9 Å². The summed E-state index contributed by atoms with van der Waals surface area (Å²) in [5.74, 6) is -2.25. The fraction of sp³-hybridized carbons (Fsp3) is 0.125. The Labute approximate surface area is 136 Å². The number of ether oxygens (including phenoxy) is 1. The van der Waals surface area contributed by atoms with Crippen molar-refractivity contribution < 1.29 is 19.2 Å². The van der Waals surface area contributed by atoms with Gasteiger partial charge in [0.1, 0.15) is 11.3 Å². The van der Waals surface area contributed by atoms with Crippen LogP contribution in [-0.2, 0) is 4.74 Å². The zero-order valence-corrected chi connectivity index (χ0v) is 12.8. The summed E-state index contributed by atoms with van der Waals surface area (Å²) < 4.78 is 4.74. The highest BCUT2D eigenvalue weighted by molar-refractivity contribution is 6.07. The number of aryl methyl sites for hydroxylation is 2. The monoisotopic (exact) mass is 328 g/mol. The Kier molecular flexibility index (Phi) is 4.78. The summed E-state index contributed by atoms with van der Waals surface area (Å²) in [6.45, 7) is 3.03. The van der Waals surface area contributed by atoms with E-state index in [4.69, 9.17) is 4.74 Å². The van der Waals surface area contributed by atoms with E-state index in [9.17, 15) is 24.6 Å². The van der Waals surface area contributed by atoms with Gasteiger partial charge in [0, 0.05) is 6.07 Å². The second kappa shape index (κ2) is 6.78. The van der Waals surface area contributed by atoms with E-state index in [1.807, 2.05) is 0 Å². The average molecular weight is 328 g/mol. The van der Waals surface area contributed by atoms with Crippen LogP contribution in [0.4, 0.5) is 11.4 Å². The molecule has 0 radical (unpaired) electrons. The lowest BCUT2D eigenvalue weighted by Gasteiger charge is -2.08. The highest BCUT2D eigenvalue weighted by Gasteiger charge is 2.27. The van der Waals surface area contributed by atoms with Crippen molar-refractivity contribution in [2.45, 2.75) is 13.8 Å². The summed E-state index contributed by atoms with van der Waals surface area (Å²) in [5, 5.41) is 13.8. The first-order valence-electron chi connectivity index (χ1n) is 6.80. The first-order chi connectivity index (χ1) is 11.4. The molecule has 2 aromatic rings. The van der Waals surface area contributed by atoms with E-state index >= 15 is 0 Å². The molecule has 0 bridgehead atoms. The van der Waals surface area contributed by atoms with Crippen LogP contribution in [0.25, 0.3) is 0 Å². The molecule has 0 unspecified atom stereocenters. The summed E-state index contributed by atoms with van der Waals surface area (Å²) in [6, 6.07) is 8.42. The highest BCUT2D eigenvalue weighted by Crippen LogP contribution is 2.26. The van der Waals surface area contributed by atoms with Crippen molar-refractivity contribution in [3.05, 3.63) is 73.7 Å². The number of rotatable bonds is 4. The molecule has 2 aromatic carbocycles. The van der Waals surface area contributed by atoms with Gasteiger partial charge in [-0.3, -0.25) is 10.1 Å². The largest absolute Gasteiger partial charge is 0.385 e. The number of hydrogen-bond acceptors (Lipinski definition) is 7. The quantitative estimate of drug-likeness (QED) is 0.278. The van der Waals surface area contributed by atoms with Crippen LogP contribution in [0.2, 0.25) is 0 Å². The van der Waals surface area contributed by atoms with Crippen molar-refractivity contribution in [3.8, 4) is 0 Å². The van der Waals surface area contributed by atoms with E-state index in [0.29, 0.717) is 11.1 Å². The lowest BCUT2D eigenvalue weighted by Crippen LogP contribution is -2.16. The highest BCUT2D eigenvalue weighted by atomic mass is 16.6. The van der Waals surface area contributed by atoms with Crippen LogP contribution in [0.3, 0.4) is 0 Å². The predicted molar refractivity (Wildman–Crippen MR) is 84.2 cm³/mol. The molecule has 0 atom stereocenters. The van der Waals surface area contributed by atoms with Crippen LogP contribution < -0.4 is 0 Å². The molecule has 0 saturated carbocycles. The van der Waals surface area contributed by atoms with Crippen molar-refractivity contribution in [2.24, 2.45) is 5.18 Å². The summed E-state index contributed by atoms with van der Waals surface area (Å²) in [5.41, 5.74) is -0.426. The van der Waals surface area contributed by atoms with Crippen molar-refractivity contribution in [3.63, 3.8) is 0 Å². The molecule has 0 aliphatic carbocycles. The molecule has 122 valence electrons. The van der Waals surface area contributed by atoms with E-state index in [1.165, 1.54) is 31.2 Å². The van der Waals surface area contributed by atoms with Crippen LogP contribution in [0.5, 0.6) is 0 Å². The molecule has 0 fully saturated rings. The molecular formula is C16H12N2O6. The number of nitro groups is 1. The number of carbonyl (C=O) groups excluding carboxylic acids is 2. The molecular weight excluding hydrogens is 316 g/mol. The fourth-order valence-corrected chi connectivity index (χ4v) is 2.25. The van der Waals surface area contributed by atoms with Gasteiger partial charge in [-0.25, -0.2) is 9.59 Å². The maximum absolute atomic E-state index is 12.2. The smallest absolute Gasteiger partial charge is 0.353 e. The predicted octanol–water partition coefficient (Wildman–Crippen LogP) is 3.61. The zero-order chi connectivity index (χ0) is 17.9. The van der Waals surface area contributed by atoms with Crippen molar-refractivity contribution in [2.75, 3.05) is 0 Å². The van der Waals surface area contributed by atoms with Gasteiger partial charge in [-0.2, -0.15) is 0 Å². The standard InChI is InChI=1S/C16H12N2O6/c1-9-5-3-7-11(17-21)13(9)15(19)24-16(20)14-10(2)6-4-8-12(14)18(22)23/h3-8H,1-2H3. The van der Waals surface area contributed by atoms with Gasteiger partial charge in [-0.1, -0.05) is 24.3 Å². The lowest BCUT2D eigenvalue weighted by molar-refractivity contribution is -0.385. The topological polar surface area (TPSA) is 116 Å². The number of esters is 2. The molecule has 0 amide bonds. The summed E-state index contributed by atoms with van der Waals surface area (Å²) in [7, 11) is 0. The van der Waals surface area contributed by atoms with E-state index in [2.05, 4.69) is 5.18 Å². The van der Waals surface area contributed by atoms with Crippen molar-refractivity contribution in [1.82, 2.24) is 0 Å². The number of benzene rings is 2. The van der Waals surface area contributed by atoms with Crippen LogP contribution in [-0.4, -0.2) is 16.9 Å². The maximum atomic E-state index is 12.2. The molecule has 0 aliphatic rings. The van der Waals surface area contributed by atoms with Gasteiger partial charge in [0.15, 0.2) is 0 Å². The minimum Gasteiger partial charge on any atom is -0.385 e. The van der Waals surface area contributed by atoms with E-state index in [0.717, 1.165) is 6.07 Å². The van der Waals surface area contributed by atoms with Crippen LogP contribution in [0.1, 0.15) is 31.8 Å². The van der Waals surface area contributed by atoms with Gasteiger partial charge in [0.05, 0.1) is 10.5 Å². The van der Waals surface area contributed by atoms with Crippen LogP contribution in [0.15, 0.2) is 41.6 Å². The van der Waals surface area contributed by atoms with E-state index in [1.54, 1.807) is 13.0 Å². The fourth-order valence-electron chi connectivity index (χ4n) is 2.25. The second-order valence-electron chi connectivity index (χ2n) is 4.96. The zero-order valence-electron chi connectivity index (χ0n) is 12.8. The summed E-state index contributed by atoms with van der Waals surface area (Å²) >= 11 is 0. The third kappa shape index (κ3) is 3.17. The Morgan fingerprint density at radius 1 is 1.00 bits per heavy atom. The van der Waals surface area contributed by atoms with E-state index in [-0.39, 0.29) is 16.8 Å². The number of hydrogen-bond donors (Lipinski definition) is 0. The SMILES string of the molecule is Cc1cccc(N=O)c1C(=O)OC(=O)c1c(C)cccc1[N+](=O)[O-]. The molecule has 8 nitrogen and oxygen atoms in total. The molecule has 24 heavy (non-hydrogen) atoms. The maximum Gasteiger partial charge on any atom is 0.353 e. The molecule has 0 spiro atoms. The summed E-state index contributed by atoms with van der Waals surface area (Å²) in [4.78, 5) is 45.6. The Morgan fingerprint density at radius 3 is 2.12 bits per heavy atom.